The first-order valence-electron chi connectivity index (χ1n) is 13.5. The highest BCUT2D eigenvalue weighted by Gasteiger charge is 2.54. The van der Waals surface area contributed by atoms with Gasteiger partial charge in [-0.1, -0.05) is 0 Å². The smallest absolute Gasteiger partial charge is 0.386 e. The molecule has 3 fully saturated rings. The van der Waals surface area contributed by atoms with Crippen LogP contribution in [0, 0.1) is 0 Å². The average Bonchev–Trinajstić information content (AvgIpc) is 3.76. The van der Waals surface area contributed by atoms with Gasteiger partial charge in [0.05, 0.1) is 25.9 Å². The fraction of sp³-hybridized carbons (Fsp3) is 0.524. The molecule has 2 bridgehead atoms. The number of aromatic amines is 1. The number of fused-ring (bicyclic) bond motifs is 5. The molecule has 0 saturated carbocycles. The van der Waals surface area contributed by atoms with Crippen LogP contribution < -0.4 is 17.0 Å². The molecule has 4 aromatic heterocycles. The van der Waals surface area contributed by atoms with Crippen molar-refractivity contribution in [3.05, 3.63) is 29.3 Å². The Labute approximate surface area is 260 Å². The van der Waals surface area contributed by atoms with E-state index in [1.807, 2.05) is 0 Å². The van der Waals surface area contributed by atoms with Gasteiger partial charge in [0.15, 0.2) is 35.1 Å². The van der Waals surface area contributed by atoms with Crippen molar-refractivity contribution in [2.45, 2.75) is 49.1 Å². The van der Waals surface area contributed by atoms with E-state index in [-0.39, 0.29) is 34.1 Å². The van der Waals surface area contributed by atoms with Crippen molar-refractivity contribution in [1.29, 1.82) is 0 Å². The van der Waals surface area contributed by atoms with Crippen LogP contribution in [-0.4, -0.2) is 116 Å². The summed E-state index contributed by atoms with van der Waals surface area (Å²) in [5, 5.41) is 20.8. The van der Waals surface area contributed by atoms with Gasteiger partial charge in [-0.05, 0) is 0 Å². The van der Waals surface area contributed by atoms with Gasteiger partial charge in [0.2, 0.25) is 5.95 Å². The Hall–Kier alpha value is -3.48. The highest BCUT2D eigenvalue weighted by molar-refractivity contribution is 7.47. The molecule has 7 rings (SSSR count). The standard InChI is InChI=1S/C21H26N10O14P2/c22-15-9-16(25-3-24-15)30(4-26-9)19-11(33)12-7(42-19)1-40-47(37,38)45-14-13(39-6-32)8(2-41-46(35,36)44-12)43-20(14)31-5-27-10-17(31)28-21(23)29-18(10)34/h3-5,7-8,11-14,19-20,32-33H,1-2,6H2,(H,35,36)(H,37,38)(H2,22,24,25)(H3,23,28,29,34). The molecule has 10 unspecified atom stereocenters. The Morgan fingerprint density at radius 2 is 1.55 bits per heavy atom. The Balaban J connectivity index is 1.23. The first-order valence-corrected chi connectivity index (χ1v) is 16.5. The fourth-order valence-corrected chi connectivity index (χ4v) is 7.46. The summed E-state index contributed by atoms with van der Waals surface area (Å²) in [6, 6.07) is 0. The largest absolute Gasteiger partial charge is 0.472 e. The van der Waals surface area contributed by atoms with Crippen molar-refractivity contribution in [3.63, 3.8) is 0 Å². The zero-order valence-electron chi connectivity index (χ0n) is 23.5. The summed E-state index contributed by atoms with van der Waals surface area (Å²) < 4.78 is 67.3. The number of imidazole rings is 2. The number of anilines is 2. The van der Waals surface area contributed by atoms with Crippen LogP contribution in [-0.2, 0) is 41.4 Å². The number of hydrogen-bond donors (Lipinski definition) is 7. The van der Waals surface area contributed by atoms with Crippen molar-refractivity contribution >= 4 is 49.7 Å². The predicted octanol–water partition coefficient (Wildman–Crippen LogP) is -2.37. The van der Waals surface area contributed by atoms with Crippen molar-refractivity contribution in [1.82, 2.24) is 39.0 Å². The lowest BCUT2D eigenvalue weighted by Gasteiger charge is -2.26. The van der Waals surface area contributed by atoms with Gasteiger partial charge in [0.1, 0.15) is 55.3 Å². The van der Waals surface area contributed by atoms with Crippen LogP contribution in [0.1, 0.15) is 12.5 Å². The van der Waals surface area contributed by atoms with Gasteiger partial charge in [-0.25, -0.2) is 29.1 Å². The minimum Gasteiger partial charge on any atom is -0.386 e. The maximum atomic E-state index is 13.4. The third-order valence-electron chi connectivity index (χ3n) is 7.56. The molecule has 47 heavy (non-hydrogen) atoms. The van der Waals surface area contributed by atoms with Gasteiger partial charge in [0.25, 0.3) is 5.56 Å². The number of rotatable bonds is 4. The van der Waals surface area contributed by atoms with E-state index in [0.29, 0.717) is 0 Å². The van der Waals surface area contributed by atoms with Crippen LogP contribution in [0.15, 0.2) is 23.8 Å². The molecule has 3 aliphatic rings. The molecule has 0 aromatic carbocycles. The zero-order chi connectivity index (χ0) is 33.2. The molecule has 0 radical (unpaired) electrons. The zero-order valence-corrected chi connectivity index (χ0v) is 25.3. The average molecular weight is 704 g/mol. The number of nitrogen functional groups attached to an aromatic ring is 2. The summed E-state index contributed by atoms with van der Waals surface area (Å²) in [7, 11) is -10.2. The summed E-state index contributed by atoms with van der Waals surface area (Å²) >= 11 is 0. The van der Waals surface area contributed by atoms with Crippen molar-refractivity contribution in [2.24, 2.45) is 0 Å². The highest BCUT2D eigenvalue weighted by atomic mass is 31.2. The third-order valence-corrected chi connectivity index (χ3v) is 9.53. The third kappa shape index (κ3) is 5.82. The molecule has 10 atom stereocenters. The second-order valence-electron chi connectivity index (χ2n) is 10.4. The number of nitrogens with two attached hydrogens (primary N) is 2. The van der Waals surface area contributed by atoms with Gasteiger partial charge in [-0.2, -0.15) is 4.98 Å². The summed E-state index contributed by atoms with van der Waals surface area (Å²) in [5.41, 5.74) is 10.8. The normalized spacial score (nSPS) is 36.6. The predicted molar refractivity (Wildman–Crippen MR) is 149 cm³/mol. The number of phosphoric acid groups is 2. The number of aliphatic hydroxyl groups is 2. The van der Waals surface area contributed by atoms with Crippen LogP contribution in [0.25, 0.3) is 22.3 Å². The fourth-order valence-electron chi connectivity index (χ4n) is 5.57. The van der Waals surface area contributed by atoms with E-state index in [9.17, 15) is 33.9 Å². The maximum Gasteiger partial charge on any atom is 0.472 e. The van der Waals surface area contributed by atoms with Gasteiger partial charge < -0.3 is 45.7 Å². The van der Waals surface area contributed by atoms with E-state index in [0.717, 1.165) is 17.2 Å². The number of aliphatic hydroxyl groups excluding tert-OH is 2. The minimum atomic E-state index is -5.14. The van der Waals surface area contributed by atoms with E-state index in [4.69, 9.17) is 43.8 Å². The molecule has 4 aromatic rings. The molecule has 254 valence electrons. The first-order chi connectivity index (χ1) is 22.4. The molecule has 3 aliphatic heterocycles. The summed E-state index contributed by atoms with van der Waals surface area (Å²) in [4.78, 5) is 56.3. The van der Waals surface area contributed by atoms with Crippen molar-refractivity contribution in [2.75, 3.05) is 31.5 Å². The van der Waals surface area contributed by atoms with Gasteiger partial charge in [-0.15, -0.1) is 0 Å². The topological polar surface area (TPSA) is 339 Å². The second kappa shape index (κ2) is 11.9. The van der Waals surface area contributed by atoms with Gasteiger partial charge in [-0.3, -0.25) is 37.0 Å². The molecular formula is C21H26N10O14P2. The molecule has 7 heterocycles. The summed E-state index contributed by atoms with van der Waals surface area (Å²) in [6.45, 7) is -2.58. The summed E-state index contributed by atoms with van der Waals surface area (Å²) in [6.07, 6.45) is -8.74. The minimum absolute atomic E-state index is 0.0309. The quantitative estimate of drug-likeness (QED) is 0.0862. The molecule has 0 aliphatic carbocycles. The second-order valence-corrected chi connectivity index (χ2v) is 13.2. The van der Waals surface area contributed by atoms with Crippen LogP contribution in [0.5, 0.6) is 0 Å². The number of hydrogen-bond acceptors (Lipinski definition) is 19. The number of ether oxygens (including phenoxy) is 3. The maximum absolute atomic E-state index is 13.4. The van der Waals surface area contributed by atoms with Crippen molar-refractivity contribution < 1.29 is 61.4 Å². The lowest BCUT2D eigenvalue weighted by Crippen LogP contribution is -2.38. The van der Waals surface area contributed by atoms with E-state index in [1.54, 1.807) is 0 Å². The molecular weight excluding hydrogens is 678 g/mol. The van der Waals surface area contributed by atoms with Crippen LogP contribution >= 0.6 is 15.6 Å². The SMILES string of the molecule is Nc1nc2c(ncn2C2OC3COP(=O)(O)OC4C(COP(=O)(O)OC2C3OCO)OC(n2cnc3c(N)ncnc32)C4O)c(=O)[nH]1. The molecule has 0 amide bonds. The van der Waals surface area contributed by atoms with E-state index >= 15 is 0 Å². The molecule has 3 saturated heterocycles. The van der Waals surface area contributed by atoms with Gasteiger partial charge >= 0.3 is 15.6 Å². The molecule has 24 nitrogen and oxygen atoms in total. The Morgan fingerprint density at radius 3 is 2.28 bits per heavy atom. The number of aromatic nitrogens is 8. The van der Waals surface area contributed by atoms with E-state index in [1.165, 1.54) is 10.9 Å². The number of phosphoric ester groups is 2. The highest BCUT2D eigenvalue weighted by Crippen LogP contribution is 2.54. The monoisotopic (exact) mass is 704 g/mol. The van der Waals surface area contributed by atoms with Crippen LogP contribution in [0.4, 0.5) is 11.8 Å². The van der Waals surface area contributed by atoms with Crippen molar-refractivity contribution in [3.8, 4) is 0 Å². The molecule has 0 spiro atoms. The number of nitrogens with one attached hydrogen (secondary N) is 1. The van der Waals surface area contributed by atoms with Gasteiger partial charge in [0, 0.05) is 0 Å². The number of nitrogens with zero attached hydrogens (tertiary/aromatic N) is 7. The summed E-state index contributed by atoms with van der Waals surface area (Å²) in [5.74, 6) is -0.256. The molecule has 26 heteroatoms. The number of H-pyrrole nitrogens is 1. The molecule has 9 N–H and O–H groups in total. The van der Waals surface area contributed by atoms with Crippen LogP contribution in [0.3, 0.4) is 0 Å². The Kier molecular flexibility index (Phi) is 8.12. The van der Waals surface area contributed by atoms with Crippen LogP contribution in [0.2, 0.25) is 0 Å². The first kappa shape index (κ1) is 32.1. The Morgan fingerprint density at radius 1 is 0.915 bits per heavy atom. The van der Waals surface area contributed by atoms with E-state index in [2.05, 4.69) is 29.9 Å². The van der Waals surface area contributed by atoms with E-state index < -0.39 is 90.3 Å². The lowest BCUT2D eigenvalue weighted by atomic mass is 10.1. The Bertz CT molecular complexity index is 1970. The lowest BCUT2D eigenvalue weighted by molar-refractivity contribution is -0.106.